The summed E-state index contributed by atoms with van der Waals surface area (Å²) in [5.41, 5.74) is 0.778. The van der Waals surface area contributed by atoms with Crippen LogP contribution in [0.25, 0.3) is 10.9 Å². The van der Waals surface area contributed by atoms with E-state index < -0.39 is 6.10 Å². The molecule has 6 nitrogen and oxygen atoms in total. The molecule has 26 heavy (non-hydrogen) atoms. The Hall–Kier alpha value is -2.70. The Morgan fingerprint density at radius 3 is 2.88 bits per heavy atom. The van der Waals surface area contributed by atoms with Gasteiger partial charge in [-0.2, -0.15) is 0 Å². The van der Waals surface area contributed by atoms with Crippen LogP contribution in [0.3, 0.4) is 0 Å². The SMILES string of the molecule is CC(=O)c1cccc(OC[C@H](O)Cn2cnc3cc(Cl)ccc3c2=O)c1. The fourth-order valence-electron chi connectivity index (χ4n) is 2.54. The number of benzene rings is 2. The topological polar surface area (TPSA) is 81.4 Å². The fourth-order valence-corrected chi connectivity index (χ4v) is 2.70. The average Bonchev–Trinajstić information content (AvgIpc) is 2.62. The third-order valence-electron chi connectivity index (χ3n) is 3.88. The largest absolute Gasteiger partial charge is 0.491 e. The number of aromatic nitrogens is 2. The van der Waals surface area contributed by atoms with Crippen molar-refractivity contribution in [3.63, 3.8) is 0 Å². The van der Waals surface area contributed by atoms with E-state index in [-0.39, 0.29) is 24.5 Å². The first-order valence-electron chi connectivity index (χ1n) is 8.00. The van der Waals surface area contributed by atoms with Crippen LogP contribution in [-0.4, -0.2) is 33.2 Å². The summed E-state index contributed by atoms with van der Waals surface area (Å²) >= 11 is 5.90. The normalized spacial score (nSPS) is 12.1. The quantitative estimate of drug-likeness (QED) is 0.673. The summed E-state index contributed by atoms with van der Waals surface area (Å²) in [7, 11) is 0. The van der Waals surface area contributed by atoms with Gasteiger partial charge in [-0.05, 0) is 37.3 Å². The summed E-state index contributed by atoms with van der Waals surface area (Å²) < 4.78 is 6.85. The first-order chi connectivity index (χ1) is 12.4. The Kier molecular flexibility index (Phi) is 5.35. The number of aliphatic hydroxyl groups excluding tert-OH is 1. The van der Waals surface area contributed by atoms with Gasteiger partial charge >= 0.3 is 0 Å². The molecule has 2 aromatic carbocycles. The van der Waals surface area contributed by atoms with Crippen LogP contribution in [0, 0.1) is 0 Å². The summed E-state index contributed by atoms with van der Waals surface area (Å²) in [4.78, 5) is 28.0. The van der Waals surface area contributed by atoms with Crippen LogP contribution >= 0.6 is 11.6 Å². The zero-order chi connectivity index (χ0) is 18.7. The molecular formula is C19H17ClN2O4. The van der Waals surface area contributed by atoms with Crippen LogP contribution in [0.1, 0.15) is 17.3 Å². The van der Waals surface area contributed by atoms with Gasteiger partial charge in [0.1, 0.15) is 18.5 Å². The third kappa shape index (κ3) is 4.09. The van der Waals surface area contributed by atoms with Crippen LogP contribution in [0.2, 0.25) is 5.02 Å². The number of ketones is 1. The van der Waals surface area contributed by atoms with E-state index in [4.69, 9.17) is 16.3 Å². The van der Waals surface area contributed by atoms with Gasteiger partial charge in [-0.1, -0.05) is 23.7 Å². The van der Waals surface area contributed by atoms with Crippen molar-refractivity contribution < 1.29 is 14.6 Å². The van der Waals surface area contributed by atoms with Gasteiger partial charge in [-0.3, -0.25) is 14.2 Å². The minimum Gasteiger partial charge on any atom is -0.491 e. The van der Waals surface area contributed by atoms with Crippen molar-refractivity contribution in [2.75, 3.05) is 6.61 Å². The maximum Gasteiger partial charge on any atom is 0.261 e. The van der Waals surface area contributed by atoms with E-state index in [2.05, 4.69) is 4.98 Å². The molecule has 0 aliphatic rings. The highest BCUT2D eigenvalue weighted by atomic mass is 35.5. The van der Waals surface area contributed by atoms with Crippen molar-refractivity contribution in [3.05, 3.63) is 69.7 Å². The standard InChI is InChI=1S/C19H17ClN2O4/c1-12(23)13-3-2-4-16(7-13)26-10-15(24)9-22-11-21-18-8-14(20)5-6-17(18)19(22)25/h2-8,11,15,24H,9-10H2,1H3/t15-/m1/s1. The Labute approximate surface area is 154 Å². The van der Waals surface area contributed by atoms with E-state index in [9.17, 15) is 14.7 Å². The second kappa shape index (κ2) is 7.68. The lowest BCUT2D eigenvalue weighted by Crippen LogP contribution is -2.30. The first kappa shape index (κ1) is 18.1. The smallest absolute Gasteiger partial charge is 0.261 e. The minimum absolute atomic E-state index is 0.0214. The number of carbonyl (C=O) groups is 1. The Morgan fingerprint density at radius 1 is 1.31 bits per heavy atom. The van der Waals surface area contributed by atoms with Gasteiger partial charge in [0.15, 0.2) is 5.78 Å². The number of carbonyl (C=O) groups excluding carboxylic acids is 1. The van der Waals surface area contributed by atoms with Gasteiger partial charge < -0.3 is 9.84 Å². The van der Waals surface area contributed by atoms with Crippen LogP contribution in [-0.2, 0) is 6.54 Å². The Balaban J connectivity index is 1.69. The van der Waals surface area contributed by atoms with Crippen LogP contribution in [0.5, 0.6) is 5.75 Å². The number of aliphatic hydroxyl groups is 1. The molecule has 1 atom stereocenters. The molecule has 0 saturated heterocycles. The molecule has 0 aliphatic heterocycles. The predicted molar refractivity (Wildman–Crippen MR) is 99.0 cm³/mol. The summed E-state index contributed by atoms with van der Waals surface area (Å²) in [5, 5.41) is 11.1. The highest BCUT2D eigenvalue weighted by molar-refractivity contribution is 6.31. The van der Waals surface area contributed by atoms with E-state index >= 15 is 0 Å². The zero-order valence-electron chi connectivity index (χ0n) is 14.1. The predicted octanol–water partition coefficient (Wildman–Crippen LogP) is 2.69. The lowest BCUT2D eigenvalue weighted by atomic mass is 10.1. The maximum absolute atomic E-state index is 12.5. The van der Waals surface area contributed by atoms with Gasteiger partial charge in [0.2, 0.25) is 0 Å². The van der Waals surface area contributed by atoms with Crippen molar-refractivity contribution in [2.45, 2.75) is 19.6 Å². The minimum atomic E-state index is -0.916. The summed E-state index contributed by atoms with van der Waals surface area (Å²) in [6, 6.07) is 11.6. The summed E-state index contributed by atoms with van der Waals surface area (Å²) in [6.07, 6.45) is 0.459. The average molecular weight is 373 g/mol. The van der Waals surface area contributed by atoms with Crippen molar-refractivity contribution in [3.8, 4) is 5.75 Å². The van der Waals surface area contributed by atoms with Crippen LogP contribution in [0.4, 0.5) is 0 Å². The number of halogens is 1. The molecule has 1 N–H and O–H groups in total. The highest BCUT2D eigenvalue weighted by Gasteiger charge is 2.11. The fraction of sp³-hybridized carbons (Fsp3) is 0.211. The number of hydrogen-bond acceptors (Lipinski definition) is 5. The van der Waals surface area contributed by atoms with Crippen LogP contribution < -0.4 is 10.3 Å². The zero-order valence-corrected chi connectivity index (χ0v) is 14.8. The van der Waals surface area contributed by atoms with Gasteiger partial charge in [-0.25, -0.2) is 4.98 Å². The molecule has 0 saturated carbocycles. The van der Waals surface area contributed by atoms with E-state index in [1.807, 2.05) is 0 Å². The molecule has 1 aromatic heterocycles. The van der Waals surface area contributed by atoms with E-state index in [0.717, 1.165) is 0 Å². The molecule has 0 unspecified atom stereocenters. The Morgan fingerprint density at radius 2 is 2.12 bits per heavy atom. The second-order valence-electron chi connectivity index (χ2n) is 5.91. The number of rotatable bonds is 6. The maximum atomic E-state index is 12.5. The molecule has 0 bridgehead atoms. The first-order valence-corrected chi connectivity index (χ1v) is 8.38. The van der Waals surface area contributed by atoms with Gasteiger partial charge in [0.05, 0.1) is 23.8 Å². The lowest BCUT2D eigenvalue weighted by Gasteiger charge is -2.14. The lowest BCUT2D eigenvalue weighted by molar-refractivity contribution is 0.0913. The molecule has 1 heterocycles. The molecule has 3 aromatic rings. The van der Waals surface area contributed by atoms with Crippen molar-refractivity contribution in [1.82, 2.24) is 9.55 Å². The van der Waals surface area contributed by atoms with Gasteiger partial charge in [-0.15, -0.1) is 0 Å². The Bertz CT molecular complexity index is 1020. The molecule has 3 rings (SSSR count). The number of hydrogen-bond donors (Lipinski definition) is 1. The number of nitrogens with zero attached hydrogens (tertiary/aromatic N) is 2. The second-order valence-corrected chi connectivity index (χ2v) is 6.35. The van der Waals surface area contributed by atoms with E-state index in [0.29, 0.717) is 27.2 Å². The summed E-state index contributed by atoms with van der Waals surface area (Å²) in [6.45, 7) is 1.49. The molecule has 0 spiro atoms. The van der Waals surface area contributed by atoms with E-state index in [1.165, 1.54) is 17.8 Å². The number of fused-ring (bicyclic) bond motifs is 1. The number of Topliss-reactive ketones (excluding diaryl/α,β-unsaturated/α-hetero) is 1. The van der Waals surface area contributed by atoms with Crippen molar-refractivity contribution in [1.29, 1.82) is 0 Å². The highest BCUT2D eigenvalue weighted by Crippen LogP contribution is 2.15. The van der Waals surface area contributed by atoms with Gasteiger partial charge in [0.25, 0.3) is 5.56 Å². The van der Waals surface area contributed by atoms with Gasteiger partial charge in [0, 0.05) is 10.6 Å². The summed E-state index contributed by atoms with van der Waals surface area (Å²) in [5.74, 6) is 0.417. The monoisotopic (exact) mass is 372 g/mol. The molecule has 7 heteroatoms. The van der Waals surface area contributed by atoms with Crippen molar-refractivity contribution in [2.24, 2.45) is 0 Å². The van der Waals surface area contributed by atoms with Crippen molar-refractivity contribution >= 4 is 28.3 Å². The van der Waals surface area contributed by atoms with Crippen LogP contribution in [0.15, 0.2) is 53.6 Å². The van der Waals surface area contributed by atoms with E-state index in [1.54, 1.807) is 42.5 Å². The molecule has 0 radical (unpaired) electrons. The molecular weight excluding hydrogens is 356 g/mol. The third-order valence-corrected chi connectivity index (χ3v) is 4.11. The molecule has 0 fully saturated rings. The molecule has 0 aliphatic carbocycles. The number of ether oxygens (including phenoxy) is 1. The molecule has 0 amide bonds. The molecule has 134 valence electrons.